The van der Waals surface area contributed by atoms with Gasteiger partial charge >= 0.3 is 0 Å². The molecule has 2 aliphatic rings. The molecule has 2 aromatic carbocycles. The quantitative estimate of drug-likeness (QED) is 0.589. The number of amides is 1. The van der Waals surface area contributed by atoms with Gasteiger partial charge < -0.3 is 14.0 Å². The number of hydrazine groups is 1. The van der Waals surface area contributed by atoms with Gasteiger partial charge in [0.2, 0.25) is 5.91 Å². The summed E-state index contributed by atoms with van der Waals surface area (Å²) < 4.78 is 26.9. The third-order valence-corrected chi connectivity index (χ3v) is 5.70. The van der Waals surface area contributed by atoms with Gasteiger partial charge in [-0.05, 0) is 55.0 Å². The van der Waals surface area contributed by atoms with Gasteiger partial charge in [-0.25, -0.2) is 9.37 Å². The second-order valence-electron chi connectivity index (χ2n) is 8.01. The molecule has 34 heavy (non-hydrogen) atoms. The van der Waals surface area contributed by atoms with Crippen molar-refractivity contribution in [3.63, 3.8) is 0 Å². The van der Waals surface area contributed by atoms with Gasteiger partial charge in [-0.2, -0.15) is 4.99 Å². The Labute approximate surface area is 196 Å². The van der Waals surface area contributed by atoms with Crippen molar-refractivity contribution in [2.45, 2.75) is 13.3 Å². The first-order valence-corrected chi connectivity index (χ1v) is 11.0. The van der Waals surface area contributed by atoms with Gasteiger partial charge in [-0.3, -0.25) is 14.8 Å². The molecule has 1 amide bonds. The minimum absolute atomic E-state index is 0.232. The van der Waals surface area contributed by atoms with Crippen molar-refractivity contribution < 1.29 is 18.7 Å². The number of hydrogen-bond donors (Lipinski definition) is 0. The number of hydrogen-bond acceptors (Lipinski definition) is 6. The fraction of sp³-hybridized carbons (Fsp3) is 0.240. The molecule has 2 aliphatic heterocycles. The largest absolute Gasteiger partial charge is 0.495 e. The number of aryl methyl sites for hydroxylation is 1. The molecule has 0 N–H and O–H groups in total. The molecule has 1 fully saturated rings. The molecule has 1 saturated heterocycles. The molecule has 0 aliphatic carbocycles. The van der Waals surface area contributed by atoms with Crippen molar-refractivity contribution in [3.05, 3.63) is 77.8 Å². The Bertz CT molecular complexity index is 1280. The maximum Gasteiger partial charge on any atom is 0.249 e. The fourth-order valence-electron chi connectivity index (χ4n) is 4.07. The third-order valence-electron chi connectivity index (χ3n) is 5.70. The number of carbonyl (C=O) groups is 1. The van der Waals surface area contributed by atoms with Crippen LogP contribution in [0.15, 0.2) is 65.7 Å². The average Bonchev–Trinajstić information content (AvgIpc) is 3.19. The van der Waals surface area contributed by atoms with E-state index in [0.29, 0.717) is 37.0 Å². The SMILES string of the molecule is COc1cc(/C=C2\OCCN3C2=NC(=O)CCN3c2ccc(F)cc2)ccc1-n1cnc(C)c1. The maximum atomic E-state index is 13.5. The van der Waals surface area contributed by atoms with Crippen LogP contribution in [0, 0.1) is 12.7 Å². The lowest BCUT2D eigenvalue weighted by Gasteiger charge is -2.40. The van der Waals surface area contributed by atoms with Crippen molar-refractivity contribution in [2.75, 3.05) is 31.8 Å². The van der Waals surface area contributed by atoms with Crippen LogP contribution in [0.3, 0.4) is 0 Å². The summed E-state index contributed by atoms with van der Waals surface area (Å²) >= 11 is 0. The first-order chi connectivity index (χ1) is 16.5. The van der Waals surface area contributed by atoms with Crippen LogP contribution < -0.4 is 9.75 Å². The molecule has 0 saturated carbocycles. The molecular formula is C25H24FN5O3. The molecule has 9 heteroatoms. The lowest BCUT2D eigenvalue weighted by Crippen LogP contribution is -2.51. The Morgan fingerprint density at radius 3 is 2.68 bits per heavy atom. The van der Waals surface area contributed by atoms with Gasteiger partial charge in [0.15, 0.2) is 11.6 Å². The summed E-state index contributed by atoms with van der Waals surface area (Å²) in [6.45, 7) is 3.30. The Morgan fingerprint density at radius 2 is 1.94 bits per heavy atom. The van der Waals surface area contributed by atoms with Crippen LogP contribution in [0.25, 0.3) is 11.8 Å². The number of carbonyl (C=O) groups excluding carboxylic acids is 1. The first kappa shape index (κ1) is 21.7. The summed E-state index contributed by atoms with van der Waals surface area (Å²) in [6, 6.07) is 12.0. The van der Waals surface area contributed by atoms with E-state index in [2.05, 4.69) is 9.98 Å². The number of morpholine rings is 1. The van der Waals surface area contributed by atoms with E-state index in [4.69, 9.17) is 9.47 Å². The van der Waals surface area contributed by atoms with Gasteiger partial charge in [-0.1, -0.05) is 6.07 Å². The zero-order chi connectivity index (χ0) is 23.7. The van der Waals surface area contributed by atoms with Gasteiger partial charge in [0.25, 0.3) is 0 Å². The molecule has 0 radical (unpaired) electrons. The lowest BCUT2D eigenvalue weighted by atomic mass is 10.1. The zero-order valence-corrected chi connectivity index (χ0v) is 18.9. The second-order valence-corrected chi connectivity index (χ2v) is 8.01. The number of aromatic nitrogens is 2. The van der Waals surface area contributed by atoms with E-state index in [1.807, 2.05) is 52.0 Å². The summed E-state index contributed by atoms with van der Waals surface area (Å²) in [6.07, 6.45) is 5.76. The number of ether oxygens (including phenoxy) is 2. The van der Waals surface area contributed by atoms with Crippen LogP contribution in [-0.2, 0) is 9.53 Å². The standard InChI is InChI=1S/C25H24FN5O3/c1-17-15-29(16-27-17)21-8-3-18(13-22(21)33-2)14-23-25-28-24(32)9-10-30(31(25)11-12-34-23)20-6-4-19(26)5-7-20/h3-8,13-16H,9-12H2,1-2H3/b23-14-. The molecule has 0 unspecified atom stereocenters. The predicted molar refractivity (Wildman–Crippen MR) is 126 cm³/mol. The van der Waals surface area contributed by atoms with E-state index in [1.165, 1.54) is 12.1 Å². The number of halogens is 1. The molecule has 174 valence electrons. The van der Waals surface area contributed by atoms with Crippen molar-refractivity contribution in [2.24, 2.45) is 4.99 Å². The van der Waals surface area contributed by atoms with E-state index in [-0.39, 0.29) is 18.1 Å². The Kier molecular flexibility index (Phi) is 5.75. The molecule has 1 aromatic heterocycles. The van der Waals surface area contributed by atoms with Gasteiger partial charge in [0.05, 0.1) is 37.1 Å². The van der Waals surface area contributed by atoms with E-state index in [1.54, 1.807) is 25.6 Å². The molecule has 0 bridgehead atoms. The number of benzene rings is 2. The monoisotopic (exact) mass is 461 g/mol. The van der Waals surface area contributed by atoms with E-state index < -0.39 is 0 Å². The third kappa shape index (κ3) is 4.24. The zero-order valence-electron chi connectivity index (χ0n) is 18.9. The summed E-state index contributed by atoms with van der Waals surface area (Å²) in [4.78, 5) is 21.1. The number of imidazole rings is 1. The first-order valence-electron chi connectivity index (χ1n) is 11.0. The van der Waals surface area contributed by atoms with Crippen LogP contribution in [0.1, 0.15) is 17.7 Å². The highest BCUT2D eigenvalue weighted by atomic mass is 19.1. The molecule has 5 rings (SSSR count). The van der Waals surface area contributed by atoms with Crippen molar-refractivity contribution in [1.29, 1.82) is 0 Å². The fourth-order valence-corrected chi connectivity index (χ4v) is 4.07. The Hall–Kier alpha value is -4.14. The van der Waals surface area contributed by atoms with Crippen molar-refractivity contribution in [3.8, 4) is 11.4 Å². The topological polar surface area (TPSA) is 72.2 Å². The number of aliphatic imine (C=N–C) groups is 1. The summed E-state index contributed by atoms with van der Waals surface area (Å²) in [7, 11) is 1.62. The van der Waals surface area contributed by atoms with Crippen molar-refractivity contribution >= 4 is 23.5 Å². The predicted octanol–water partition coefficient (Wildman–Crippen LogP) is 3.75. The highest BCUT2D eigenvalue weighted by molar-refractivity contribution is 6.07. The van der Waals surface area contributed by atoms with Gasteiger partial charge in [-0.15, -0.1) is 0 Å². The number of rotatable bonds is 4. The second kappa shape index (κ2) is 9.01. The molecule has 8 nitrogen and oxygen atoms in total. The van der Waals surface area contributed by atoms with E-state index in [9.17, 15) is 9.18 Å². The maximum absolute atomic E-state index is 13.5. The Balaban J connectivity index is 1.50. The van der Waals surface area contributed by atoms with Crippen LogP contribution in [-0.4, -0.2) is 53.1 Å². The number of methoxy groups -OCH3 is 1. The van der Waals surface area contributed by atoms with Crippen molar-refractivity contribution in [1.82, 2.24) is 14.6 Å². The smallest absolute Gasteiger partial charge is 0.249 e. The van der Waals surface area contributed by atoms with E-state index in [0.717, 1.165) is 22.6 Å². The highest BCUT2D eigenvalue weighted by Crippen LogP contribution is 2.29. The summed E-state index contributed by atoms with van der Waals surface area (Å²) in [5.41, 5.74) is 3.39. The number of anilines is 1. The number of fused-ring (bicyclic) bond motifs is 1. The Morgan fingerprint density at radius 1 is 1.12 bits per heavy atom. The minimum atomic E-state index is -0.311. The minimum Gasteiger partial charge on any atom is -0.495 e. The van der Waals surface area contributed by atoms with E-state index >= 15 is 0 Å². The molecule has 3 heterocycles. The molecule has 0 spiro atoms. The molecular weight excluding hydrogens is 437 g/mol. The van der Waals surface area contributed by atoms with Crippen LogP contribution >= 0.6 is 0 Å². The molecule has 3 aromatic rings. The highest BCUT2D eigenvalue weighted by Gasteiger charge is 2.31. The van der Waals surface area contributed by atoms with Gasteiger partial charge in [0, 0.05) is 19.2 Å². The number of amidine groups is 1. The van der Waals surface area contributed by atoms with Crippen LogP contribution in [0.2, 0.25) is 0 Å². The van der Waals surface area contributed by atoms with Gasteiger partial charge in [0.1, 0.15) is 18.2 Å². The average molecular weight is 461 g/mol. The molecule has 0 atom stereocenters. The van der Waals surface area contributed by atoms with Crippen LogP contribution in [0.4, 0.5) is 10.1 Å². The summed E-state index contributed by atoms with van der Waals surface area (Å²) in [5, 5.41) is 3.87. The lowest BCUT2D eigenvalue weighted by molar-refractivity contribution is -0.117. The summed E-state index contributed by atoms with van der Waals surface area (Å²) in [5.74, 6) is 1.05. The van der Waals surface area contributed by atoms with Crippen LogP contribution in [0.5, 0.6) is 5.75 Å². The number of nitrogens with zero attached hydrogens (tertiary/aromatic N) is 5. The normalized spacial score (nSPS) is 17.2.